The van der Waals surface area contributed by atoms with Gasteiger partial charge in [-0.2, -0.15) is 0 Å². The lowest BCUT2D eigenvalue weighted by Gasteiger charge is -2.12. The fourth-order valence-electron chi connectivity index (χ4n) is 1.63. The van der Waals surface area contributed by atoms with Crippen LogP contribution in [-0.4, -0.2) is 31.9 Å². The molecule has 0 aliphatic carbocycles. The van der Waals surface area contributed by atoms with Crippen molar-refractivity contribution in [3.05, 3.63) is 35.9 Å². The van der Waals surface area contributed by atoms with Crippen molar-refractivity contribution < 1.29 is 23.1 Å². The van der Waals surface area contributed by atoms with Gasteiger partial charge < -0.3 is 9.84 Å². The maximum absolute atomic E-state index is 12.3. The summed E-state index contributed by atoms with van der Waals surface area (Å²) in [5, 5.41) is 7.67. The maximum atomic E-state index is 12.3. The molecule has 0 bridgehead atoms. The van der Waals surface area contributed by atoms with E-state index >= 15 is 0 Å². The summed E-state index contributed by atoms with van der Waals surface area (Å²) >= 11 is 0. The van der Waals surface area contributed by atoms with Gasteiger partial charge in [-0.05, 0) is 44.5 Å². The van der Waals surface area contributed by atoms with E-state index in [-0.39, 0.29) is 11.3 Å². The van der Waals surface area contributed by atoms with E-state index in [1.807, 2.05) is 0 Å². The van der Waals surface area contributed by atoms with Crippen molar-refractivity contribution in [3.8, 4) is 5.75 Å². The molecule has 0 fully saturated rings. The van der Waals surface area contributed by atoms with Crippen LogP contribution in [-0.2, 0) is 14.6 Å². The Kier molecular flexibility index (Phi) is 5.33. The second-order valence-corrected chi connectivity index (χ2v) is 6.70. The Hall–Kier alpha value is -1.82. The van der Waals surface area contributed by atoms with Crippen LogP contribution in [0, 0.1) is 0 Å². The summed E-state index contributed by atoms with van der Waals surface area (Å²) in [7, 11) is -2.45. The minimum atomic E-state index is -3.92. The van der Waals surface area contributed by atoms with Gasteiger partial charge in [0.05, 0.1) is 12.0 Å². The predicted octanol–water partition coefficient (Wildman–Crippen LogP) is 2.28. The van der Waals surface area contributed by atoms with Gasteiger partial charge in [0.2, 0.25) is 0 Å². The molecule has 0 aromatic heterocycles. The molecule has 0 aliphatic rings. The Morgan fingerprint density at radius 1 is 1.30 bits per heavy atom. The molecular formula is C14H18O5S. The van der Waals surface area contributed by atoms with E-state index in [0.29, 0.717) is 5.75 Å². The molecule has 0 saturated carbocycles. The fraction of sp³-hybridized carbons (Fsp3) is 0.357. The number of hydrogen-bond donors (Lipinski definition) is 1. The third-order valence-corrected chi connectivity index (χ3v) is 4.85. The van der Waals surface area contributed by atoms with E-state index in [9.17, 15) is 13.2 Å². The van der Waals surface area contributed by atoms with Crippen LogP contribution in [0.25, 0.3) is 0 Å². The van der Waals surface area contributed by atoms with Crippen molar-refractivity contribution in [1.82, 2.24) is 0 Å². The van der Waals surface area contributed by atoms with Crippen molar-refractivity contribution >= 4 is 15.8 Å². The topological polar surface area (TPSA) is 80.7 Å². The lowest BCUT2D eigenvalue weighted by atomic mass is 10.2. The molecule has 0 heterocycles. The summed E-state index contributed by atoms with van der Waals surface area (Å²) in [6.07, 6.45) is 1.56. The molecule has 0 aliphatic heterocycles. The Bertz CT molecular complexity index is 595. The van der Waals surface area contributed by atoms with Crippen LogP contribution in [0.2, 0.25) is 0 Å². The number of carboxylic acid groups (broad SMARTS) is 1. The highest BCUT2D eigenvalue weighted by molar-refractivity contribution is 7.92. The average Bonchev–Trinajstić information content (AvgIpc) is 2.38. The SMILES string of the molecule is COc1ccc(S(=O)(=O)C(CC=C(C)C)C(=O)O)cc1. The Morgan fingerprint density at radius 3 is 2.25 bits per heavy atom. The molecule has 0 amide bonds. The summed E-state index contributed by atoms with van der Waals surface area (Å²) in [6, 6.07) is 5.69. The highest BCUT2D eigenvalue weighted by atomic mass is 32.2. The summed E-state index contributed by atoms with van der Waals surface area (Å²) in [5.41, 5.74) is 0.876. The first-order valence-electron chi connectivity index (χ1n) is 6.03. The number of aliphatic carboxylic acids is 1. The van der Waals surface area contributed by atoms with Gasteiger partial charge in [-0.1, -0.05) is 11.6 Å². The highest BCUT2D eigenvalue weighted by Crippen LogP contribution is 2.22. The largest absolute Gasteiger partial charge is 0.497 e. The Morgan fingerprint density at radius 2 is 1.85 bits per heavy atom. The van der Waals surface area contributed by atoms with Crippen LogP contribution in [0.5, 0.6) is 5.75 Å². The van der Waals surface area contributed by atoms with E-state index in [1.54, 1.807) is 19.9 Å². The fourth-order valence-corrected chi connectivity index (χ4v) is 3.09. The van der Waals surface area contributed by atoms with Gasteiger partial charge in [-0.3, -0.25) is 4.79 Å². The minimum Gasteiger partial charge on any atom is -0.497 e. The van der Waals surface area contributed by atoms with Gasteiger partial charge in [-0.25, -0.2) is 8.42 Å². The molecule has 1 atom stereocenters. The molecular weight excluding hydrogens is 280 g/mol. The number of carboxylic acids is 1. The van der Waals surface area contributed by atoms with Crippen molar-refractivity contribution in [2.24, 2.45) is 0 Å². The monoisotopic (exact) mass is 298 g/mol. The summed E-state index contributed by atoms with van der Waals surface area (Å²) in [6.45, 7) is 3.58. The summed E-state index contributed by atoms with van der Waals surface area (Å²) in [5.74, 6) is -0.835. The van der Waals surface area contributed by atoms with Crippen LogP contribution >= 0.6 is 0 Å². The smallest absolute Gasteiger partial charge is 0.322 e. The van der Waals surface area contributed by atoms with E-state index in [4.69, 9.17) is 9.84 Å². The van der Waals surface area contributed by atoms with Gasteiger partial charge in [0, 0.05) is 0 Å². The maximum Gasteiger partial charge on any atom is 0.322 e. The molecule has 1 aromatic rings. The number of carbonyl (C=O) groups is 1. The zero-order valence-electron chi connectivity index (χ0n) is 11.7. The quantitative estimate of drug-likeness (QED) is 0.815. The van der Waals surface area contributed by atoms with E-state index < -0.39 is 21.1 Å². The third-order valence-electron chi connectivity index (χ3n) is 2.78. The van der Waals surface area contributed by atoms with Crippen LogP contribution in [0.1, 0.15) is 20.3 Å². The normalized spacial score (nSPS) is 12.6. The zero-order chi connectivity index (χ0) is 15.3. The van der Waals surface area contributed by atoms with Gasteiger partial charge in [-0.15, -0.1) is 0 Å². The first-order chi connectivity index (χ1) is 9.28. The summed E-state index contributed by atoms with van der Waals surface area (Å²) < 4.78 is 29.6. The third kappa shape index (κ3) is 3.84. The Balaban J connectivity index is 3.15. The molecule has 0 radical (unpaired) electrons. The lowest BCUT2D eigenvalue weighted by molar-refractivity contribution is -0.136. The first-order valence-corrected chi connectivity index (χ1v) is 7.57. The number of hydrogen-bond acceptors (Lipinski definition) is 4. The van der Waals surface area contributed by atoms with E-state index in [1.165, 1.54) is 31.4 Å². The second-order valence-electron chi connectivity index (χ2n) is 4.56. The van der Waals surface area contributed by atoms with Crippen molar-refractivity contribution in [3.63, 3.8) is 0 Å². The zero-order valence-corrected chi connectivity index (χ0v) is 12.5. The van der Waals surface area contributed by atoms with Crippen LogP contribution in [0.15, 0.2) is 40.8 Å². The van der Waals surface area contributed by atoms with Gasteiger partial charge in [0.1, 0.15) is 5.75 Å². The number of benzene rings is 1. The molecule has 0 saturated heterocycles. The number of ether oxygens (including phenoxy) is 1. The summed E-state index contributed by atoms with van der Waals surface area (Å²) in [4.78, 5) is 11.2. The highest BCUT2D eigenvalue weighted by Gasteiger charge is 2.33. The molecule has 1 unspecified atom stereocenters. The van der Waals surface area contributed by atoms with Crippen molar-refractivity contribution in [2.75, 3.05) is 7.11 Å². The predicted molar refractivity (Wildman–Crippen MR) is 75.7 cm³/mol. The molecule has 6 heteroatoms. The average molecular weight is 298 g/mol. The van der Waals surface area contributed by atoms with Gasteiger partial charge in [0.15, 0.2) is 15.1 Å². The Labute approximate surface area is 118 Å². The molecule has 110 valence electrons. The van der Waals surface area contributed by atoms with Crippen LogP contribution in [0.3, 0.4) is 0 Å². The number of methoxy groups -OCH3 is 1. The van der Waals surface area contributed by atoms with Crippen molar-refractivity contribution in [2.45, 2.75) is 30.4 Å². The molecule has 1 aromatic carbocycles. The van der Waals surface area contributed by atoms with Gasteiger partial charge in [0.25, 0.3) is 0 Å². The molecule has 1 rings (SSSR count). The number of sulfone groups is 1. The van der Waals surface area contributed by atoms with Crippen molar-refractivity contribution in [1.29, 1.82) is 0 Å². The van der Waals surface area contributed by atoms with E-state index in [2.05, 4.69) is 0 Å². The van der Waals surface area contributed by atoms with E-state index in [0.717, 1.165) is 5.57 Å². The first kappa shape index (κ1) is 16.2. The standard InChI is InChI=1S/C14H18O5S/c1-10(2)4-9-13(14(15)16)20(17,18)12-7-5-11(19-3)6-8-12/h4-8,13H,9H2,1-3H3,(H,15,16). The molecule has 20 heavy (non-hydrogen) atoms. The van der Waals surface area contributed by atoms with Crippen LogP contribution in [0.4, 0.5) is 0 Å². The second kappa shape index (κ2) is 6.56. The molecule has 0 spiro atoms. The molecule has 1 N–H and O–H groups in total. The molecule has 5 nitrogen and oxygen atoms in total. The van der Waals surface area contributed by atoms with Gasteiger partial charge >= 0.3 is 5.97 Å². The number of rotatable bonds is 6. The van der Waals surface area contributed by atoms with Crippen LogP contribution < -0.4 is 4.74 Å². The number of allylic oxidation sites excluding steroid dienone is 2. The lowest BCUT2D eigenvalue weighted by Crippen LogP contribution is -2.29. The minimum absolute atomic E-state index is 0.0205.